The van der Waals surface area contributed by atoms with Gasteiger partial charge in [-0.15, -0.1) is 0 Å². The largest absolute Gasteiger partial charge is 0.268 e. The first-order valence-electron chi connectivity index (χ1n) is 5.64. The molecule has 1 aromatic carbocycles. The van der Waals surface area contributed by atoms with Gasteiger partial charge in [-0.25, -0.2) is 4.68 Å². The second kappa shape index (κ2) is 3.59. The Morgan fingerprint density at radius 3 is 2.47 bits per heavy atom. The van der Waals surface area contributed by atoms with Crippen LogP contribution in [0.4, 0.5) is 0 Å². The fraction of sp³-hybridized carbons (Fsp3) is 0.231. The van der Waals surface area contributed by atoms with Gasteiger partial charge >= 0.3 is 0 Å². The van der Waals surface area contributed by atoms with E-state index < -0.39 is 0 Å². The molecule has 0 aliphatic heterocycles. The van der Waals surface area contributed by atoms with E-state index in [1.165, 1.54) is 10.7 Å². The van der Waals surface area contributed by atoms with Crippen molar-refractivity contribution in [2.45, 2.75) is 18.4 Å². The zero-order valence-corrected chi connectivity index (χ0v) is 9.34. The lowest BCUT2D eigenvalue weighted by atomic mass is 10.0. The Morgan fingerprint density at radius 1 is 1.12 bits per heavy atom. The molecule has 1 heterocycles. The topological polar surface area (TPSA) is 34.9 Å². The summed E-state index contributed by atoms with van der Waals surface area (Å²) < 4.78 is 1.53. The Hall–Kier alpha value is -1.84. The molecule has 1 aliphatic carbocycles. The van der Waals surface area contributed by atoms with Gasteiger partial charge in [-0.05, 0) is 24.5 Å². The maximum absolute atomic E-state index is 11.9. The van der Waals surface area contributed by atoms with Gasteiger partial charge in [0.05, 0.1) is 5.54 Å². The van der Waals surface area contributed by atoms with Gasteiger partial charge < -0.3 is 0 Å². The van der Waals surface area contributed by atoms with Gasteiger partial charge in [0.2, 0.25) is 0 Å². The summed E-state index contributed by atoms with van der Waals surface area (Å²) in [5.41, 5.74) is 1.14. The predicted octanol–water partition coefficient (Wildman–Crippen LogP) is 0.574. The highest BCUT2D eigenvalue weighted by molar-refractivity contribution is 6.30. The molecule has 0 saturated heterocycles. The van der Waals surface area contributed by atoms with E-state index in [4.69, 9.17) is 7.85 Å². The van der Waals surface area contributed by atoms with Crippen LogP contribution in [0.25, 0.3) is 0 Å². The Morgan fingerprint density at radius 2 is 1.82 bits per heavy atom. The zero-order chi connectivity index (χ0) is 11.9. The minimum Gasteiger partial charge on any atom is -0.268 e. The van der Waals surface area contributed by atoms with E-state index in [9.17, 15) is 4.79 Å². The maximum Gasteiger partial charge on any atom is 0.267 e. The van der Waals surface area contributed by atoms with Crippen LogP contribution in [-0.4, -0.2) is 17.6 Å². The molecule has 1 fully saturated rings. The van der Waals surface area contributed by atoms with Gasteiger partial charge in [0, 0.05) is 11.7 Å². The van der Waals surface area contributed by atoms with E-state index >= 15 is 0 Å². The molecule has 1 aliphatic rings. The van der Waals surface area contributed by atoms with Crippen LogP contribution in [0.15, 0.2) is 47.3 Å². The monoisotopic (exact) mass is 222 g/mol. The van der Waals surface area contributed by atoms with Crippen LogP contribution in [-0.2, 0) is 5.54 Å². The summed E-state index contributed by atoms with van der Waals surface area (Å²) in [5.74, 6) is 0. The molecule has 1 aromatic heterocycles. The molecule has 17 heavy (non-hydrogen) atoms. The van der Waals surface area contributed by atoms with E-state index in [0.717, 1.165) is 18.4 Å². The molecule has 3 nitrogen and oxygen atoms in total. The van der Waals surface area contributed by atoms with Crippen LogP contribution in [0.2, 0.25) is 0 Å². The van der Waals surface area contributed by atoms with Crippen LogP contribution in [0.1, 0.15) is 18.4 Å². The van der Waals surface area contributed by atoms with Crippen LogP contribution < -0.4 is 11.2 Å². The first-order valence-corrected chi connectivity index (χ1v) is 5.64. The van der Waals surface area contributed by atoms with E-state index in [2.05, 4.69) is 5.10 Å². The van der Waals surface area contributed by atoms with E-state index in [-0.39, 0.29) is 11.1 Å². The summed E-state index contributed by atoms with van der Waals surface area (Å²) in [7, 11) is 5.66. The predicted molar refractivity (Wildman–Crippen MR) is 66.6 cm³/mol. The normalized spacial score (nSPS) is 16.7. The molecule has 0 unspecified atom stereocenters. The molecule has 2 radical (unpaired) electrons. The third-order valence-electron chi connectivity index (χ3n) is 3.26. The molecule has 4 heteroatoms. The lowest BCUT2D eigenvalue weighted by molar-refractivity contribution is 0.484. The smallest absolute Gasteiger partial charge is 0.267 e. The van der Waals surface area contributed by atoms with Crippen molar-refractivity contribution in [1.29, 1.82) is 0 Å². The fourth-order valence-electron chi connectivity index (χ4n) is 2.22. The minimum absolute atomic E-state index is 0.0967. The van der Waals surface area contributed by atoms with Crippen LogP contribution in [0, 0.1) is 0 Å². The zero-order valence-electron chi connectivity index (χ0n) is 9.34. The summed E-state index contributed by atoms with van der Waals surface area (Å²) >= 11 is 0. The van der Waals surface area contributed by atoms with Crippen molar-refractivity contribution in [1.82, 2.24) is 9.78 Å². The van der Waals surface area contributed by atoms with Crippen molar-refractivity contribution in [2.24, 2.45) is 0 Å². The molecule has 1 saturated carbocycles. The first kappa shape index (κ1) is 10.3. The molecule has 0 bridgehead atoms. The number of hydrogen-bond donors (Lipinski definition) is 0. The first-order chi connectivity index (χ1) is 8.22. The molecular formula is C13H11BN2O. The van der Waals surface area contributed by atoms with E-state index in [1.807, 2.05) is 30.3 Å². The molecular weight excluding hydrogens is 211 g/mol. The van der Waals surface area contributed by atoms with Gasteiger partial charge in [0.1, 0.15) is 7.85 Å². The van der Waals surface area contributed by atoms with Crippen LogP contribution in [0.5, 0.6) is 0 Å². The maximum atomic E-state index is 11.9. The summed E-state index contributed by atoms with van der Waals surface area (Å²) in [6, 6.07) is 13.0. The van der Waals surface area contributed by atoms with Crippen molar-refractivity contribution >= 4 is 13.4 Å². The highest BCUT2D eigenvalue weighted by Gasteiger charge is 2.47. The number of hydrogen-bond acceptors (Lipinski definition) is 2. The average Bonchev–Trinajstić information content (AvgIpc) is 3.15. The number of aromatic nitrogens is 2. The quantitative estimate of drug-likeness (QED) is 0.696. The summed E-state index contributed by atoms with van der Waals surface area (Å²) in [6.45, 7) is 0. The molecule has 0 atom stereocenters. The highest BCUT2D eigenvalue weighted by atomic mass is 16.1. The Bertz CT molecular complexity index is 602. The van der Waals surface area contributed by atoms with E-state index in [1.54, 1.807) is 6.07 Å². The number of benzene rings is 1. The molecule has 0 N–H and O–H groups in total. The SMILES string of the molecule is [B]c1ccc(=O)n(C2(c3ccccc3)CC2)n1. The third kappa shape index (κ3) is 1.60. The molecule has 82 valence electrons. The molecule has 0 amide bonds. The van der Waals surface area contributed by atoms with Crippen molar-refractivity contribution in [3.63, 3.8) is 0 Å². The molecule has 3 rings (SSSR count). The van der Waals surface area contributed by atoms with Crippen molar-refractivity contribution in [3.8, 4) is 0 Å². The van der Waals surface area contributed by atoms with Crippen LogP contribution in [0.3, 0.4) is 0 Å². The van der Waals surface area contributed by atoms with Gasteiger partial charge in [-0.1, -0.05) is 30.3 Å². The van der Waals surface area contributed by atoms with Gasteiger partial charge in [-0.2, -0.15) is 5.10 Å². The second-order valence-corrected chi connectivity index (χ2v) is 4.41. The van der Waals surface area contributed by atoms with Gasteiger partial charge in [0.15, 0.2) is 0 Å². The fourth-order valence-corrected chi connectivity index (χ4v) is 2.22. The van der Waals surface area contributed by atoms with Gasteiger partial charge in [-0.3, -0.25) is 4.79 Å². The van der Waals surface area contributed by atoms with Crippen molar-refractivity contribution < 1.29 is 0 Å². The number of nitrogens with zero attached hydrogens (tertiary/aromatic N) is 2. The highest BCUT2D eigenvalue weighted by Crippen LogP contribution is 2.47. The van der Waals surface area contributed by atoms with E-state index in [0.29, 0.717) is 5.59 Å². The lowest BCUT2D eigenvalue weighted by Crippen LogP contribution is -2.37. The number of rotatable bonds is 2. The standard InChI is InChI=1S/C13H11BN2O/c14-11-6-7-12(17)16(15-11)13(8-9-13)10-4-2-1-3-5-10/h1-7H,8-9H2. The molecule has 0 spiro atoms. The average molecular weight is 222 g/mol. The lowest BCUT2D eigenvalue weighted by Gasteiger charge is -2.18. The van der Waals surface area contributed by atoms with Crippen molar-refractivity contribution in [3.05, 3.63) is 58.4 Å². The second-order valence-electron chi connectivity index (χ2n) is 4.41. The van der Waals surface area contributed by atoms with Gasteiger partial charge in [0.25, 0.3) is 5.56 Å². The molecule has 2 aromatic rings. The third-order valence-corrected chi connectivity index (χ3v) is 3.26. The summed E-state index contributed by atoms with van der Waals surface area (Å²) in [5, 5.41) is 4.17. The Balaban J connectivity index is 2.16. The summed E-state index contributed by atoms with van der Waals surface area (Å²) in [6.07, 6.45) is 1.88. The Labute approximate surface area is 101 Å². The summed E-state index contributed by atoms with van der Waals surface area (Å²) in [4.78, 5) is 11.9. The minimum atomic E-state index is -0.270. The Kier molecular flexibility index (Phi) is 2.18. The van der Waals surface area contributed by atoms with Crippen LogP contribution >= 0.6 is 0 Å². The van der Waals surface area contributed by atoms with Crippen molar-refractivity contribution in [2.75, 3.05) is 0 Å².